The van der Waals surface area contributed by atoms with Crippen molar-refractivity contribution in [2.24, 2.45) is 5.92 Å². The van der Waals surface area contributed by atoms with Gasteiger partial charge in [-0.2, -0.15) is 0 Å². The first kappa shape index (κ1) is 16.6. The first-order chi connectivity index (χ1) is 12.6. The number of hydrogen-bond donors (Lipinski definition) is 1. The largest absolute Gasteiger partial charge is 0.340 e. The molecule has 1 aliphatic rings. The lowest BCUT2D eigenvalue weighted by Crippen LogP contribution is -2.41. The number of aryl methyl sites for hydroxylation is 2. The van der Waals surface area contributed by atoms with Crippen LogP contribution in [0.15, 0.2) is 42.6 Å². The predicted octanol–water partition coefficient (Wildman–Crippen LogP) is 3.20. The average molecular weight is 349 g/mol. The van der Waals surface area contributed by atoms with E-state index in [1.165, 1.54) is 11.1 Å². The van der Waals surface area contributed by atoms with Crippen molar-refractivity contribution in [2.45, 2.75) is 26.7 Å². The Morgan fingerprint density at radius 1 is 1.15 bits per heavy atom. The van der Waals surface area contributed by atoms with Crippen LogP contribution in [0.4, 0.5) is 11.6 Å². The molecule has 2 aromatic heterocycles. The fraction of sp³-hybridized carbons (Fsp3) is 0.350. The second-order valence-corrected chi connectivity index (χ2v) is 7.00. The minimum absolute atomic E-state index is 0.0542. The number of hydrogen-bond acceptors (Lipinski definition) is 4. The summed E-state index contributed by atoms with van der Waals surface area (Å²) < 4.78 is 1.98. The SMILES string of the molecule is Cc1ccc(NC(=O)C2CCCN(c3nnc4ccccn34)C2)cc1C. The van der Waals surface area contributed by atoms with Crippen LogP contribution >= 0.6 is 0 Å². The molecule has 1 atom stereocenters. The molecular weight excluding hydrogens is 326 g/mol. The summed E-state index contributed by atoms with van der Waals surface area (Å²) in [4.78, 5) is 14.9. The monoisotopic (exact) mass is 349 g/mol. The number of carbonyl (C=O) groups excluding carboxylic acids is 1. The van der Waals surface area contributed by atoms with E-state index >= 15 is 0 Å². The highest BCUT2D eigenvalue weighted by atomic mass is 16.1. The third-order valence-electron chi connectivity index (χ3n) is 5.15. The number of fused-ring (bicyclic) bond motifs is 1. The second-order valence-electron chi connectivity index (χ2n) is 7.00. The minimum Gasteiger partial charge on any atom is -0.340 e. The maximum atomic E-state index is 12.8. The van der Waals surface area contributed by atoms with E-state index in [-0.39, 0.29) is 11.8 Å². The molecule has 0 radical (unpaired) electrons. The molecule has 0 spiro atoms. The molecule has 1 N–H and O–H groups in total. The molecular formula is C20H23N5O. The molecule has 4 rings (SSSR count). The van der Waals surface area contributed by atoms with E-state index in [0.717, 1.165) is 36.7 Å². The molecule has 1 amide bonds. The molecule has 1 unspecified atom stereocenters. The number of nitrogens with zero attached hydrogens (tertiary/aromatic N) is 4. The molecule has 3 aromatic rings. The van der Waals surface area contributed by atoms with Crippen LogP contribution in [-0.2, 0) is 4.79 Å². The van der Waals surface area contributed by atoms with E-state index < -0.39 is 0 Å². The van der Waals surface area contributed by atoms with E-state index in [4.69, 9.17) is 0 Å². The van der Waals surface area contributed by atoms with E-state index in [2.05, 4.69) is 34.3 Å². The van der Waals surface area contributed by atoms with E-state index in [1.807, 2.05) is 47.0 Å². The van der Waals surface area contributed by atoms with Crippen molar-refractivity contribution < 1.29 is 4.79 Å². The molecule has 6 nitrogen and oxygen atoms in total. The molecule has 1 fully saturated rings. The molecule has 26 heavy (non-hydrogen) atoms. The molecule has 1 aliphatic heterocycles. The average Bonchev–Trinajstić information content (AvgIpc) is 3.09. The Bertz CT molecular complexity index is 948. The number of rotatable bonds is 3. The third kappa shape index (κ3) is 3.14. The molecule has 0 bridgehead atoms. The van der Waals surface area contributed by atoms with Gasteiger partial charge in [0, 0.05) is 25.0 Å². The van der Waals surface area contributed by atoms with Gasteiger partial charge in [-0.1, -0.05) is 12.1 Å². The van der Waals surface area contributed by atoms with Gasteiger partial charge in [0.15, 0.2) is 5.65 Å². The fourth-order valence-corrected chi connectivity index (χ4v) is 3.48. The quantitative estimate of drug-likeness (QED) is 0.789. The number of aromatic nitrogens is 3. The van der Waals surface area contributed by atoms with Crippen molar-refractivity contribution >= 4 is 23.2 Å². The summed E-state index contributed by atoms with van der Waals surface area (Å²) in [5.41, 5.74) is 4.10. The van der Waals surface area contributed by atoms with Crippen molar-refractivity contribution in [1.82, 2.24) is 14.6 Å². The summed E-state index contributed by atoms with van der Waals surface area (Å²) in [6.45, 7) is 5.68. The number of anilines is 2. The maximum Gasteiger partial charge on any atom is 0.231 e. The van der Waals surface area contributed by atoms with Gasteiger partial charge in [0.05, 0.1) is 5.92 Å². The van der Waals surface area contributed by atoms with Crippen molar-refractivity contribution in [3.63, 3.8) is 0 Å². The maximum absolute atomic E-state index is 12.8. The first-order valence-corrected chi connectivity index (χ1v) is 9.04. The van der Waals surface area contributed by atoms with Crippen LogP contribution in [0.1, 0.15) is 24.0 Å². The number of nitrogens with one attached hydrogen (secondary N) is 1. The van der Waals surface area contributed by atoms with E-state index in [9.17, 15) is 4.79 Å². The number of piperidine rings is 1. The van der Waals surface area contributed by atoms with Gasteiger partial charge in [0.25, 0.3) is 0 Å². The zero-order valence-electron chi connectivity index (χ0n) is 15.1. The molecule has 134 valence electrons. The van der Waals surface area contributed by atoms with Gasteiger partial charge >= 0.3 is 0 Å². The number of amides is 1. The van der Waals surface area contributed by atoms with Crippen LogP contribution in [0.5, 0.6) is 0 Å². The molecule has 1 aromatic carbocycles. The van der Waals surface area contributed by atoms with Gasteiger partial charge in [-0.15, -0.1) is 10.2 Å². The van der Waals surface area contributed by atoms with Crippen LogP contribution in [0.25, 0.3) is 5.65 Å². The molecule has 6 heteroatoms. The van der Waals surface area contributed by atoms with Crippen LogP contribution in [0.3, 0.4) is 0 Å². The normalized spacial score (nSPS) is 17.5. The Labute approximate surface area is 152 Å². The van der Waals surface area contributed by atoms with Crippen LogP contribution in [0.2, 0.25) is 0 Å². The predicted molar refractivity (Wildman–Crippen MR) is 102 cm³/mol. The highest BCUT2D eigenvalue weighted by molar-refractivity contribution is 5.93. The summed E-state index contributed by atoms with van der Waals surface area (Å²) in [5.74, 6) is 0.831. The van der Waals surface area contributed by atoms with Gasteiger partial charge in [0.2, 0.25) is 11.9 Å². The van der Waals surface area contributed by atoms with Gasteiger partial charge in [-0.3, -0.25) is 9.20 Å². The van der Waals surface area contributed by atoms with Crippen molar-refractivity contribution in [3.05, 3.63) is 53.7 Å². The van der Waals surface area contributed by atoms with Gasteiger partial charge in [-0.05, 0) is 62.1 Å². The minimum atomic E-state index is -0.0542. The Hall–Kier alpha value is -2.89. The van der Waals surface area contributed by atoms with Crippen LogP contribution in [-0.4, -0.2) is 33.6 Å². The lowest BCUT2D eigenvalue weighted by atomic mass is 9.97. The highest BCUT2D eigenvalue weighted by Gasteiger charge is 2.28. The Balaban J connectivity index is 1.49. The summed E-state index contributed by atoms with van der Waals surface area (Å²) >= 11 is 0. The summed E-state index contributed by atoms with van der Waals surface area (Å²) in [7, 11) is 0. The second kappa shape index (κ2) is 6.78. The molecule has 1 saturated heterocycles. The lowest BCUT2D eigenvalue weighted by Gasteiger charge is -2.32. The highest BCUT2D eigenvalue weighted by Crippen LogP contribution is 2.24. The number of carbonyl (C=O) groups is 1. The Kier molecular flexibility index (Phi) is 4.32. The summed E-state index contributed by atoms with van der Waals surface area (Å²) in [6.07, 6.45) is 3.82. The Morgan fingerprint density at radius 3 is 2.88 bits per heavy atom. The fourth-order valence-electron chi connectivity index (χ4n) is 3.48. The van der Waals surface area contributed by atoms with E-state index in [0.29, 0.717) is 6.54 Å². The summed E-state index contributed by atoms with van der Waals surface area (Å²) in [6, 6.07) is 11.9. The summed E-state index contributed by atoms with van der Waals surface area (Å²) in [5, 5.41) is 11.6. The molecule has 3 heterocycles. The standard InChI is InChI=1S/C20H23N5O/c1-14-8-9-17(12-15(14)2)21-19(26)16-6-5-10-24(13-16)20-23-22-18-7-3-4-11-25(18)20/h3-4,7-9,11-12,16H,5-6,10,13H2,1-2H3,(H,21,26). The van der Waals surface area contributed by atoms with Crippen molar-refractivity contribution in [3.8, 4) is 0 Å². The van der Waals surface area contributed by atoms with Crippen molar-refractivity contribution in [2.75, 3.05) is 23.3 Å². The van der Waals surface area contributed by atoms with Crippen LogP contribution in [0, 0.1) is 19.8 Å². The van der Waals surface area contributed by atoms with E-state index in [1.54, 1.807) is 0 Å². The van der Waals surface area contributed by atoms with Gasteiger partial charge in [0.1, 0.15) is 0 Å². The van der Waals surface area contributed by atoms with Gasteiger partial charge in [-0.25, -0.2) is 0 Å². The number of pyridine rings is 1. The molecule has 0 saturated carbocycles. The van der Waals surface area contributed by atoms with Gasteiger partial charge < -0.3 is 10.2 Å². The first-order valence-electron chi connectivity index (χ1n) is 9.04. The van der Waals surface area contributed by atoms with Crippen LogP contribution < -0.4 is 10.2 Å². The van der Waals surface area contributed by atoms with Crippen molar-refractivity contribution in [1.29, 1.82) is 0 Å². The number of benzene rings is 1. The topological polar surface area (TPSA) is 62.5 Å². The zero-order chi connectivity index (χ0) is 18.1. The smallest absolute Gasteiger partial charge is 0.231 e. The zero-order valence-corrected chi connectivity index (χ0v) is 15.1. The third-order valence-corrected chi connectivity index (χ3v) is 5.15. The lowest BCUT2D eigenvalue weighted by molar-refractivity contribution is -0.120. The Morgan fingerprint density at radius 2 is 2.04 bits per heavy atom. The molecule has 0 aliphatic carbocycles.